The summed E-state index contributed by atoms with van der Waals surface area (Å²) in [6.07, 6.45) is 4.88. The van der Waals surface area contributed by atoms with E-state index in [1.165, 1.54) is 6.42 Å². The predicted molar refractivity (Wildman–Crippen MR) is 78.4 cm³/mol. The first-order valence-electron chi connectivity index (χ1n) is 6.80. The van der Waals surface area contributed by atoms with Crippen molar-refractivity contribution in [3.8, 4) is 5.88 Å². The molecule has 1 saturated carbocycles. The first kappa shape index (κ1) is 14.9. The van der Waals surface area contributed by atoms with E-state index in [1.807, 2.05) is 0 Å². The van der Waals surface area contributed by atoms with Gasteiger partial charge in [0.1, 0.15) is 11.1 Å². The Bertz CT molecular complexity index is 497. The highest BCUT2D eigenvalue weighted by Crippen LogP contribution is 2.33. The molecule has 0 radical (unpaired) electrons. The number of hydrogen-bond donors (Lipinski definition) is 2. The molecule has 6 heteroatoms. The Morgan fingerprint density at radius 1 is 1.40 bits per heavy atom. The molecule has 1 aliphatic rings. The van der Waals surface area contributed by atoms with Crippen molar-refractivity contribution in [1.29, 1.82) is 0 Å². The van der Waals surface area contributed by atoms with E-state index in [9.17, 15) is 0 Å². The summed E-state index contributed by atoms with van der Waals surface area (Å²) in [5.41, 5.74) is 6.00. The van der Waals surface area contributed by atoms with E-state index >= 15 is 0 Å². The SMILES string of the molecule is CC1CC(C)CC(Oc2nccc(/C(N)=N/O)c2Cl)C1. The summed E-state index contributed by atoms with van der Waals surface area (Å²) in [4.78, 5) is 4.15. The zero-order chi connectivity index (χ0) is 14.7. The summed E-state index contributed by atoms with van der Waals surface area (Å²) in [7, 11) is 0. The van der Waals surface area contributed by atoms with Crippen molar-refractivity contribution >= 4 is 17.4 Å². The Labute approximate surface area is 123 Å². The van der Waals surface area contributed by atoms with Crippen LogP contribution in [0.15, 0.2) is 17.4 Å². The highest BCUT2D eigenvalue weighted by atomic mass is 35.5. The first-order valence-corrected chi connectivity index (χ1v) is 7.18. The van der Waals surface area contributed by atoms with Crippen molar-refractivity contribution in [2.45, 2.75) is 39.2 Å². The molecule has 2 rings (SSSR count). The number of amidine groups is 1. The summed E-state index contributed by atoms with van der Waals surface area (Å²) in [5.74, 6) is 1.57. The number of rotatable bonds is 3. The van der Waals surface area contributed by atoms with Crippen molar-refractivity contribution in [3.05, 3.63) is 22.8 Å². The van der Waals surface area contributed by atoms with Gasteiger partial charge in [0.2, 0.25) is 5.88 Å². The van der Waals surface area contributed by atoms with Gasteiger partial charge in [0, 0.05) is 11.8 Å². The van der Waals surface area contributed by atoms with Crippen LogP contribution >= 0.6 is 11.6 Å². The van der Waals surface area contributed by atoms with E-state index in [2.05, 4.69) is 24.0 Å². The van der Waals surface area contributed by atoms with Crippen molar-refractivity contribution < 1.29 is 9.94 Å². The Morgan fingerprint density at radius 2 is 2.05 bits per heavy atom. The van der Waals surface area contributed by atoms with E-state index in [0.29, 0.717) is 23.3 Å². The van der Waals surface area contributed by atoms with Crippen LogP contribution in [0.1, 0.15) is 38.7 Å². The number of nitrogens with zero attached hydrogens (tertiary/aromatic N) is 2. The lowest BCUT2D eigenvalue weighted by atomic mass is 9.82. The number of oxime groups is 1. The molecule has 3 N–H and O–H groups in total. The first-order chi connectivity index (χ1) is 9.51. The number of aromatic nitrogens is 1. The highest BCUT2D eigenvalue weighted by molar-refractivity contribution is 6.35. The number of halogens is 1. The van der Waals surface area contributed by atoms with Gasteiger partial charge in [-0.15, -0.1) is 0 Å². The maximum Gasteiger partial charge on any atom is 0.233 e. The molecule has 1 aliphatic carbocycles. The average Bonchev–Trinajstić information content (AvgIpc) is 2.39. The van der Waals surface area contributed by atoms with Gasteiger partial charge in [-0.3, -0.25) is 0 Å². The highest BCUT2D eigenvalue weighted by Gasteiger charge is 2.26. The third-order valence-electron chi connectivity index (χ3n) is 3.65. The van der Waals surface area contributed by atoms with E-state index in [0.717, 1.165) is 12.8 Å². The molecule has 0 aromatic carbocycles. The van der Waals surface area contributed by atoms with Crippen LogP contribution < -0.4 is 10.5 Å². The van der Waals surface area contributed by atoms with E-state index in [-0.39, 0.29) is 17.0 Å². The summed E-state index contributed by atoms with van der Waals surface area (Å²) in [6.45, 7) is 4.46. The monoisotopic (exact) mass is 297 g/mol. The minimum absolute atomic E-state index is 0.0485. The molecule has 0 bridgehead atoms. The topological polar surface area (TPSA) is 80.7 Å². The second kappa shape index (κ2) is 6.31. The van der Waals surface area contributed by atoms with Crippen LogP contribution in [-0.2, 0) is 0 Å². The van der Waals surface area contributed by atoms with E-state index in [1.54, 1.807) is 12.3 Å². The fourth-order valence-electron chi connectivity index (χ4n) is 2.89. The summed E-state index contributed by atoms with van der Waals surface area (Å²) in [5, 5.41) is 12.0. The Hall–Kier alpha value is -1.49. The summed E-state index contributed by atoms with van der Waals surface area (Å²) >= 11 is 6.21. The zero-order valence-electron chi connectivity index (χ0n) is 11.7. The van der Waals surface area contributed by atoms with E-state index in [4.69, 9.17) is 27.3 Å². The van der Waals surface area contributed by atoms with Gasteiger partial charge in [-0.05, 0) is 37.2 Å². The summed E-state index contributed by atoms with van der Waals surface area (Å²) < 4.78 is 5.93. The molecule has 20 heavy (non-hydrogen) atoms. The van der Waals surface area contributed by atoms with Crippen LogP contribution in [0.25, 0.3) is 0 Å². The van der Waals surface area contributed by atoms with Gasteiger partial charge >= 0.3 is 0 Å². The fraction of sp³-hybridized carbons (Fsp3) is 0.571. The molecule has 0 aliphatic heterocycles. The molecule has 0 spiro atoms. The molecule has 0 saturated heterocycles. The van der Waals surface area contributed by atoms with Crippen LogP contribution in [0.3, 0.4) is 0 Å². The molecular formula is C14H20ClN3O2. The van der Waals surface area contributed by atoms with Crippen LogP contribution in [0.5, 0.6) is 5.88 Å². The van der Waals surface area contributed by atoms with Crippen LogP contribution in [-0.4, -0.2) is 22.1 Å². The third kappa shape index (κ3) is 3.33. The van der Waals surface area contributed by atoms with Gasteiger partial charge in [0.25, 0.3) is 0 Å². The van der Waals surface area contributed by atoms with Gasteiger partial charge in [-0.2, -0.15) is 0 Å². The Kier molecular flexibility index (Phi) is 4.70. The van der Waals surface area contributed by atoms with Crippen molar-refractivity contribution in [2.24, 2.45) is 22.7 Å². The lowest BCUT2D eigenvalue weighted by molar-refractivity contribution is 0.0968. The van der Waals surface area contributed by atoms with Crippen LogP contribution in [0.4, 0.5) is 0 Å². The minimum Gasteiger partial charge on any atom is -0.473 e. The molecular weight excluding hydrogens is 278 g/mol. The Morgan fingerprint density at radius 3 is 2.65 bits per heavy atom. The molecule has 1 heterocycles. The van der Waals surface area contributed by atoms with Gasteiger partial charge in [0.05, 0.1) is 0 Å². The van der Waals surface area contributed by atoms with Gasteiger partial charge < -0.3 is 15.7 Å². The molecule has 110 valence electrons. The van der Waals surface area contributed by atoms with Crippen molar-refractivity contribution in [3.63, 3.8) is 0 Å². The normalized spacial score (nSPS) is 27.4. The minimum atomic E-state index is -0.0485. The van der Waals surface area contributed by atoms with Crippen molar-refractivity contribution in [2.75, 3.05) is 0 Å². The Balaban J connectivity index is 2.17. The van der Waals surface area contributed by atoms with Crippen LogP contribution in [0.2, 0.25) is 5.02 Å². The zero-order valence-corrected chi connectivity index (χ0v) is 12.5. The lowest BCUT2D eigenvalue weighted by Crippen LogP contribution is -2.29. The standard InChI is InChI=1S/C14H20ClN3O2/c1-8-5-9(2)7-10(6-8)20-14-12(15)11(3-4-17-14)13(16)18-19/h3-4,8-10,19H,5-7H2,1-2H3,(H2,16,18). The third-order valence-corrected chi connectivity index (χ3v) is 4.02. The van der Waals surface area contributed by atoms with Gasteiger partial charge in [0.15, 0.2) is 5.84 Å². The van der Waals surface area contributed by atoms with E-state index < -0.39 is 0 Å². The van der Waals surface area contributed by atoms with Crippen LogP contribution in [0, 0.1) is 11.8 Å². The average molecular weight is 298 g/mol. The molecule has 5 nitrogen and oxygen atoms in total. The second-order valence-corrected chi connectivity index (χ2v) is 6.00. The predicted octanol–water partition coefficient (Wildman–Crippen LogP) is 3.03. The quantitative estimate of drug-likeness (QED) is 0.389. The maximum absolute atomic E-state index is 8.74. The lowest BCUT2D eigenvalue weighted by Gasteiger charge is -2.31. The second-order valence-electron chi connectivity index (χ2n) is 5.62. The van der Waals surface area contributed by atoms with Gasteiger partial charge in [-0.25, -0.2) is 4.98 Å². The van der Waals surface area contributed by atoms with Gasteiger partial charge in [-0.1, -0.05) is 30.6 Å². The fourth-order valence-corrected chi connectivity index (χ4v) is 3.14. The number of ether oxygens (including phenoxy) is 1. The molecule has 1 aromatic rings. The molecule has 1 fully saturated rings. The number of pyridine rings is 1. The summed E-state index contributed by atoms with van der Waals surface area (Å²) in [6, 6.07) is 1.59. The maximum atomic E-state index is 8.74. The molecule has 2 unspecified atom stereocenters. The van der Waals surface area contributed by atoms with Crippen molar-refractivity contribution in [1.82, 2.24) is 4.98 Å². The smallest absolute Gasteiger partial charge is 0.233 e. The largest absolute Gasteiger partial charge is 0.473 e. The molecule has 0 amide bonds. The molecule has 1 aromatic heterocycles. The number of nitrogens with two attached hydrogens (primary N) is 1. The number of hydrogen-bond acceptors (Lipinski definition) is 4. The molecule has 2 atom stereocenters.